The number of fused-ring (bicyclic) bond motifs is 1. The van der Waals surface area contributed by atoms with Crippen LogP contribution in [0.25, 0.3) is 11.1 Å². The van der Waals surface area contributed by atoms with Gasteiger partial charge in [-0.05, 0) is 37.2 Å². The standard InChI is InChI=1S/C19H25N3O4/c1-5-12(18(24)25)20-16(23)11-8-13(10-6-7-10)21-17-15(11)14(22-26-17)9-19(2,3)4/h8,10,12H,5-7,9H2,1-4H3,(H,20,23)(H,24,25). The summed E-state index contributed by atoms with van der Waals surface area (Å²) in [5, 5.41) is 16.6. The molecule has 1 saturated carbocycles. The highest BCUT2D eigenvalue weighted by Crippen LogP contribution is 2.41. The lowest BCUT2D eigenvalue weighted by atomic mass is 9.89. The van der Waals surface area contributed by atoms with Gasteiger partial charge in [-0.2, -0.15) is 0 Å². The molecule has 0 bridgehead atoms. The lowest BCUT2D eigenvalue weighted by molar-refractivity contribution is -0.139. The van der Waals surface area contributed by atoms with E-state index in [2.05, 4.69) is 36.2 Å². The summed E-state index contributed by atoms with van der Waals surface area (Å²) in [5.74, 6) is -1.13. The van der Waals surface area contributed by atoms with Gasteiger partial charge in [0.05, 0.1) is 16.6 Å². The maximum atomic E-state index is 12.9. The van der Waals surface area contributed by atoms with E-state index in [1.807, 2.05) is 0 Å². The number of aliphatic carboxylic acids is 1. The zero-order valence-electron chi connectivity index (χ0n) is 15.6. The quantitative estimate of drug-likeness (QED) is 0.820. The van der Waals surface area contributed by atoms with Crippen LogP contribution in [0.15, 0.2) is 10.6 Å². The van der Waals surface area contributed by atoms with Gasteiger partial charge in [0, 0.05) is 11.6 Å². The Bertz CT molecular complexity index is 846. The molecule has 2 aromatic rings. The molecule has 2 N–H and O–H groups in total. The van der Waals surface area contributed by atoms with E-state index in [0.29, 0.717) is 41.1 Å². The number of carbonyl (C=O) groups excluding carboxylic acids is 1. The van der Waals surface area contributed by atoms with Crippen LogP contribution in [0.2, 0.25) is 0 Å². The number of carbonyl (C=O) groups is 2. The van der Waals surface area contributed by atoms with Crippen LogP contribution < -0.4 is 5.32 Å². The van der Waals surface area contributed by atoms with Crippen molar-refractivity contribution < 1.29 is 19.2 Å². The van der Waals surface area contributed by atoms with Gasteiger partial charge in [-0.1, -0.05) is 32.9 Å². The molecule has 26 heavy (non-hydrogen) atoms. The smallest absolute Gasteiger partial charge is 0.326 e. The van der Waals surface area contributed by atoms with Gasteiger partial charge in [0.25, 0.3) is 11.6 Å². The zero-order valence-corrected chi connectivity index (χ0v) is 15.6. The number of hydrogen-bond donors (Lipinski definition) is 2. The fraction of sp³-hybridized carbons (Fsp3) is 0.579. The Morgan fingerprint density at radius 2 is 2.08 bits per heavy atom. The number of nitrogens with zero attached hydrogens (tertiary/aromatic N) is 2. The number of carboxylic acids is 1. The van der Waals surface area contributed by atoms with Crippen LogP contribution in [0.5, 0.6) is 0 Å². The number of pyridine rings is 1. The van der Waals surface area contributed by atoms with Crippen molar-refractivity contribution in [3.05, 3.63) is 23.0 Å². The first-order valence-electron chi connectivity index (χ1n) is 9.02. The van der Waals surface area contributed by atoms with E-state index in [-0.39, 0.29) is 5.41 Å². The molecule has 140 valence electrons. The average Bonchev–Trinajstić information content (AvgIpc) is 3.33. The second-order valence-electron chi connectivity index (χ2n) is 8.19. The maximum absolute atomic E-state index is 12.9. The van der Waals surface area contributed by atoms with Crippen LogP contribution >= 0.6 is 0 Å². The van der Waals surface area contributed by atoms with E-state index in [1.54, 1.807) is 13.0 Å². The molecule has 1 fully saturated rings. The van der Waals surface area contributed by atoms with Crippen molar-refractivity contribution in [2.75, 3.05) is 0 Å². The molecule has 2 aromatic heterocycles. The Labute approximate surface area is 152 Å². The summed E-state index contributed by atoms with van der Waals surface area (Å²) in [5.41, 5.74) is 2.19. The van der Waals surface area contributed by atoms with Crippen molar-refractivity contribution in [1.29, 1.82) is 0 Å². The molecule has 1 amide bonds. The number of aromatic nitrogens is 2. The average molecular weight is 359 g/mol. The number of nitrogens with one attached hydrogen (secondary N) is 1. The van der Waals surface area contributed by atoms with Crippen molar-refractivity contribution in [2.24, 2.45) is 5.41 Å². The Morgan fingerprint density at radius 3 is 2.62 bits per heavy atom. The predicted octanol–water partition coefficient (Wildman–Crippen LogP) is 3.28. The third-order valence-corrected chi connectivity index (χ3v) is 4.49. The topological polar surface area (TPSA) is 105 Å². The Balaban J connectivity index is 2.06. The molecular formula is C19H25N3O4. The number of carboxylic acid groups (broad SMARTS) is 1. The van der Waals surface area contributed by atoms with Crippen LogP contribution in [-0.4, -0.2) is 33.2 Å². The molecule has 0 aliphatic heterocycles. The van der Waals surface area contributed by atoms with Crippen molar-refractivity contribution >= 4 is 23.0 Å². The molecule has 7 heteroatoms. The van der Waals surface area contributed by atoms with Crippen molar-refractivity contribution in [1.82, 2.24) is 15.5 Å². The van der Waals surface area contributed by atoms with Crippen molar-refractivity contribution in [3.63, 3.8) is 0 Å². The fourth-order valence-corrected chi connectivity index (χ4v) is 2.99. The molecule has 1 atom stereocenters. The molecule has 2 heterocycles. The molecule has 1 aliphatic rings. The highest BCUT2D eigenvalue weighted by molar-refractivity contribution is 6.07. The molecule has 7 nitrogen and oxygen atoms in total. The predicted molar refractivity (Wildman–Crippen MR) is 96.1 cm³/mol. The first kappa shape index (κ1) is 18.4. The van der Waals surface area contributed by atoms with Crippen LogP contribution in [0.4, 0.5) is 0 Å². The second-order valence-corrected chi connectivity index (χ2v) is 8.19. The van der Waals surface area contributed by atoms with Gasteiger partial charge in [0.15, 0.2) is 0 Å². The SMILES string of the molecule is CCC(NC(=O)c1cc(C2CC2)nc2onc(CC(C)(C)C)c12)C(=O)O. The van der Waals surface area contributed by atoms with Gasteiger partial charge in [-0.25, -0.2) is 9.78 Å². The third kappa shape index (κ3) is 3.86. The van der Waals surface area contributed by atoms with E-state index in [1.165, 1.54) is 0 Å². The Morgan fingerprint density at radius 1 is 1.38 bits per heavy atom. The van der Waals surface area contributed by atoms with E-state index < -0.39 is 17.9 Å². The van der Waals surface area contributed by atoms with Crippen LogP contribution in [0.1, 0.15) is 74.6 Å². The second kappa shape index (κ2) is 6.70. The van der Waals surface area contributed by atoms with E-state index in [0.717, 1.165) is 18.5 Å². The molecule has 3 rings (SSSR count). The summed E-state index contributed by atoms with van der Waals surface area (Å²) in [6.45, 7) is 7.96. The van der Waals surface area contributed by atoms with E-state index >= 15 is 0 Å². The molecule has 1 aliphatic carbocycles. The van der Waals surface area contributed by atoms with Gasteiger partial charge >= 0.3 is 5.97 Å². The molecule has 0 saturated heterocycles. The molecule has 0 aromatic carbocycles. The Kier molecular flexibility index (Phi) is 4.73. The summed E-state index contributed by atoms with van der Waals surface area (Å²) >= 11 is 0. The van der Waals surface area contributed by atoms with Crippen molar-refractivity contribution in [2.45, 2.75) is 65.3 Å². The monoisotopic (exact) mass is 359 g/mol. The lowest BCUT2D eigenvalue weighted by Crippen LogP contribution is -2.40. The molecular weight excluding hydrogens is 334 g/mol. The maximum Gasteiger partial charge on any atom is 0.326 e. The van der Waals surface area contributed by atoms with Crippen LogP contribution in [0, 0.1) is 5.41 Å². The zero-order chi connectivity index (χ0) is 19.1. The van der Waals surface area contributed by atoms with Gasteiger partial charge < -0.3 is 14.9 Å². The normalized spacial score (nSPS) is 15.8. The third-order valence-electron chi connectivity index (χ3n) is 4.49. The lowest BCUT2D eigenvalue weighted by Gasteiger charge is -2.17. The first-order valence-corrected chi connectivity index (χ1v) is 9.02. The summed E-state index contributed by atoms with van der Waals surface area (Å²) in [6, 6.07) is 0.841. The van der Waals surface area contributed by atoms with E-state index in [9.17, 15) is 14.7 Å². The summed E-state index contributed by atoms with van der Waals surface area (Å²) in [4.78, 5) is 28.7. The van der Waals surface area contributed by atoms with Crippen LogP contribution in [0.3, 0.4) is 0 Å². The molecule has 1 unspecified atom stereocenters. The number of rotatable bonds is 6. The van der Waals surface area contributed by atoms with Gasteiger partial charge in [0.1, 0.15) is 6.04 Å². The minimum Gasteiger partial charge on any atom is -0.480 e. The highest BCUT2D eigenvalue weighted by Gasteiger charge is 2.30. The largest absolute Gasteiger partial charge is 0.480 e. The molecule has 0 spiro atoms. The van der Waals surface area contributed by atoms with Crippen molar-refractivity contribution in [3.8, 4) is 0 Å². The van der Waals surface area contributed by atoms with Gasteiger partial charge in [-0.3, -0.25) is 4.79 Å². The minimum atomic E-state index is -1.05. The van der Waals surface area contributed by atoms with Crippen LogP contribution in [-0.2, 0) is 11.2 Å². The number of hydrogen-bond acceptors (Lipinski definition) is 5. The fourth-order valence-electron chi connectivity index (χ4n) is 2.99. The minimum absolute atomic E-state index is 0.0419. The van der Waals surface area contributed by atoms with Gasteiger partial charge in [-0.15, -0.1) is 0 Å². The van der Waals surface area contributed by atoms with E-state index in [4.69, 9.17) is 4.52 Å². The Hall–Kier alpha value is -2.44. The summed E-state index contributed by atoms with van der Waals surface area (Å²) in [6.07, 6.45) is 3.01. The first-order chi connectivity index (χ1) is 12.2. The number of amides is 1. The highest BCUT2D eigenvalue weighted by atomic mass is 16.5. The summed E-state index contributed by atoms with van der Waals surface area (Å²) in [7, 11) is 0. The molecule has 0 radical (unpaired) electrons. The van der Waals surface area contributed by atoms with Gasteiger partial charge in [0.2, 0.25) is 0 Å². The summed E-state index contributed by atoms with van der Waals surface area (Å²) < 4.78 is 5.43.